The summed E-state index contributed by atoms with van der Waals surface area (Å²) >= 11 is 9.13. The van der Waals surface area contributed by atoms with Crippen molar-refractivity contribution in [2.75, 3.05) is 0 Å². The number of rotatable bonds is 9. The summed E-state index contributed by atoms with van der Waals surface area (Å²) < 4.78 is 0. The van der Waals surface area contributed by atoms with Crippen LogP contribution in [0.2, 0.25) is 0 Å². The number of hydrogen-bond donors (Lipinski definition) is 0. The molecule has 0 saturated heterocycles. The Kier molecular flexibility index (Phi) is 10.6. The van der Waals surface area contributed by atoms with Crippen molar-refractivity contribution >= 4 is 34.0 Å². The second-order valence-electron chi connectivity index (χ2n) is 15.3. The van der Waals surface area contributed by atoms with Gasteiger partial charge in [0.1, 0.15) is 0 Å². The minimum Gasteiger partial charge on any atom is -0.149 e. The van der Waals surface area contributed by atoms with Gasteiger partial charge < -0.3 is 0 Å². The number of benzene rings is 9. The molecule has 0 aliphatic heterocycles. The summed E-state index contributed by atoms with van der Waals surface area (Å²) in [6.07, 6.45) is 0. The van der Waals surface area contributed by atoms with Crippen LogP contribution in [0.5, 0.6) is 0 Å². The molecule has 0 saturated carbocycles. The van der Waals surface area contributed by atoms with Crippen molar-refractivity contribution in [3.8, 4) is 66.8 Å². The van der Waals surface area contributed by atoms with Crippen LogP contribution >= 0.6 is 11.1 Å². The molecule has 0 radical (unpaired) electrons. The molecule has 0 atom stereocenters. The van der Waals surface area contributed by atoms with Crippen LogP contribution in [0, 0.1) is 20.8 Å². The summed E-state index contributed by atoms with van der Waals surface area (Å²) in [6, 6.07) is 78.9. The van der Waals surface area contributed by atoms with Crippen molar-refractivity contribution < 1.29 is 0 Å². The number of hydrogen-bond acceptors (Lipinski definition) is 0. The Bertz CT molecular complexity index is 2550. The Morgan fingerprint density at radius 1 is 0.254 bits per heavy atom. The highest BCUT2D eigenvalue weighted by atomic mass is 35.6. The van der Waals surface area contributed by atoms with E-state index < -0.39 is 7.38 Å². The van der Waals surface area contributed by atoms with E-state index in [1.54, 1.807) is 0 Å². The normalized spacial score (nSPS) is 11.4. The molecule has 0 fully saturated rings. The van der Waals surface area contributed by atoms with Gasteiger partial charge in [-0.05, 0) is 120 Å². The molecule has 0 N–H and O–H groups in total. The van der Waals surface area contributed by atoms with Crippen LogP contribution in [-0.2, 0) is 0 Å². The SMILES string of the molecule is Cc1c(-c2ccccc2)ccc([Si](Cl)(c2ccc(-c3ccccc3)c(C)c2-c2ccccc2)c2ccc(-c3ccccc3)c(C)c2-c2ccccc2)c1-c1ccccc1. The van der Waals surface area contributed by atoms with Crippen LogP contribution < -0.4 is 15.6 Å². The topological polar surface area (TPSA) is 0 Å². The van der Waals surface area contributed by atoms with E-state index in [0.717, 1.165) is 16.7 Å². The smallest absolute Gasteiger partial charge is 0.149 e. The average Bonchev–Trinajstić information content (AvgIpc) is 3.30. The lowest BCUT2D eigenvalue weighted by molar-refractivity contribution is 1.44. The van der Waals surface area contributed by atoms with Gasteiger partial charge in [-0.15, -0.1) is 11.1 Å². The summed E-state index contributed by atoms with van der Waals surface area (Å²) in [5.74, 6) is 0. The number of halogens is 1. The molecule has 0 spiro atoms. The lowest BCUT2D eigenvalue weighted by atomic mass is 9.92. The van der Waals surface area contributed by atoms with Gasteiger partial charge in [0, 0.05) is 0 Å². The van der Waals surface area contributed by atoms with Gasteiger partial charge in [0.2, 0.25) is 7.38 Å². The quantitative estimate of drug-likeness (QED) is 0.0776. The Hall–Kier alpha value is -6.51. The summed E-state index contributed by atoms with van der Waals surface area (Å²) in [4.78, 5) is 0. The predicted molar refractivity (Wildman–Crippen MR) is 257 cm³/mol. The third-order valence-electron chi connectivity index (χ3n) is 12.0. The maximum atomic E-state index is 9.13. The zero-order valence-corrected chi connectivity index (χ0v) is 35.4. The van der Waals surface area contributed by atoms with Crippen LogP contribution in [0.25, 0.3) is 66.8 Å². The molecule has 9 aromatic carbocycles. The van der Waals surface area contributed by atoms with Gasteiger partial charge in [-0.2, -0.15) is 0 Å². The van der Waals surface area contributed by atoms with Crippen molar-refractivity contribution in [1.29, 1.82) is 0 Å². The fraction of sp³-hybridized carbons (Fsp3) is 0.0526. The molecule has 2 heteroatoms. The Balaban J connectivity index is 1.46. The van der Waals surface area contributed by atoms with Crippen LogP contribution in [0.15, 0.2) is 218 Å². The first kappa shape index (κ1) is 38.0. The van der Waals surface area contributed by atoms with Gasteiger partial charge in [0.25, 0.3) is 0 Å². The van der Waals surface area contributed by atoms with Crippen molar-refractivity contribution in [3.63, 3.8) is 0 Å². The van der Waals surface area contributed by atoms with Gasteiger partial charge >= 0.3 is 0 Å². The second kappa shape index (κ2) is 16.4. The minimum atomic E-state index is -3.55. The predicted octanol–water partition coefficient (Wildman–Crippen LogP) is 13.8. The van der Waals surface area contributed by atoms with E-state index in [0.29, 0.717) is 0 Å². The Morgan fingerprint density at radius 3 is 0.678 bits per heavy atom. The van der Waals surface area contributed by atoms with E-state index in [2.05, 4.69) is 239 Å². The van der Waals surface area contributed by atoms with Gasteiger partial charge in [0.05, 0.1) is 0 Å². The fourth-order valence-electron chi connectivity index (χ4n) is 9.15. The Morgan fingerprint density at radius 2 is 0.458 bits per heavy atom. The molecule has 0 aliphatic carbocycles. The molecule has 0 amide bonds. The highest BCUT2D eigenvalue weighted by molar-refractivity contribution is 7.41. The van der Waals surface area contributed by atoms with Gasteiger partial charge in [-0.25, -0.2) is 0 Å². The first-order chi connectivity index (χ1) is 28.9. The van der Waals surface area contributed by atoms with Gasteiger partial charge in [-0.1, -0.05) is 218 Å². The molecule has 0 heterocycles. The van der Waals surface area contributed by atoms with E-state index in [-0.39, 0.29) is 0 Å². The maximum absolute atomic E-state index is 9.13. The lowest BCUT2D eigenvalue weighted by Gasteiger charge is -2.35. The van der Waals surface area contributed by atoms with Crippen molar-refractivity contribution in [3.05, 3.63) is 235 Å². The fourth-order valence-corrected chi connectivity index (χ4v) is 14.4. The summed E-state index contributed by atoms with van der Waals surface area (Å²) in [5.41, 5.74) is 17.9. The molecule has 9 rings (SSSR count). The summed E-state index contributed by atoms with van der Waals surface area (Å²) in [7, 11) is -3.55. The zero-order valence-electron chi connectivity index (χ0n) is 33.7. The summed E-state index contributed by atoms with van der Waals surface area (Å²) in [6.45, 7) is 6.84. The second-order valence-corrected chi connectivity index (χ2v) is 20.0. The minimum absolute atomic E-state index is 1.16. The van der Waals surface area contributed by atoms with E-state index in [1.807, 2.05) is 0 Å². The lowest BCUT2D eigenvalue weighted by Crippen LogP contribution is -2.64. The largest absolute Gasteiger partial charge is 0.249 e. The van der Waals surface area contributed by atoms with Crippen LogP contribution in [-0.4, -0.2) is 7.38 Å². The highest BCUT2D eigenvalue weighted by Gasteiger charge is 2.45. The molecule has 0 unspecified atom stereocenters. The zero-order chi connectivity index (χ0) is 40.3. The molecule has 284 valence electrons. The Labute approximate surface area is 354 Å². The first-order valence-electron chi connectivity index (χ1n) is 20.4. The highest BCUT2D eigenvalue weighted by Crippen LogP contribution is 2.39. The molecule has 0 bridgehead atoms. The maximum Gasteiger partial charge on any atom is 0.249 e. The van der Waals surface area contributed by atoms with E-state index in [1.165, 1.54) is 82.3 Å². The van der Waals surface area contributed by atoms with E-state index >= 15 is 0 Å². The molecule has 59 heavy (non-hydrogen) atoms. The van der Waals surface area contributed by atoms with Crippen molar-refractivity contribution in [1.82, 2.24) is 0 Å². The molecule has 9 aromatic rings. The van der Waals surface area contributed by atoms with E-state index in [4.69, 9.17) is 11.1 Å². The molecular formula is C57H45ClSi. The summed E-state index contributed by atoms with van der Waals surface area (Å²) in [5, 5.41) is 3.53. The van der Waals surface area contributed by atoms with Gasteiger partial charge in [0.15, 0.2) is 0 Å². The van der Waals surface area contributed by atoms with Crippen molar-refractivity contribution in [2.24, 2.45) is 0 Å². The van der Waals surface area contributed by atoms with Crippen molar-refractivity contribution in [2.45, 2.75) is 20.8 Å². The molecule has 0 nitrogen and oxygen atoms in total. The van der Waals surface area contributed by atoms with Crippen LogP contribution in [0.1, 0.15) is 16.7 Å². The van der Waals surface area contributed by atoms with E-state index in [9.17, 15) is 0 Å². The first-order valence-corrected chi connectivity index (χ1v) is 23.4. The average molecular weight is 794 g/mol. The monoisotopic (exact) mass is 792 g/mol. The third kappa shape index (κ3) is 6.97. The van der Waals surface area contributed by atoms with Crippen LogP contribution in [0.3, 0.4) is 0 Å². The molecule has 0 aliphatic rings. The third-order valence-corrected chi connectivity index (χ3v) is 17.3. The molecular weight excluding hydrogens is 748 g/mol. The van der Waals surface area contributed by atoms with Crippen LogP contribution in [0.4, 0.5) is 0 Å². The standard InChI is InChI=1S/C57H45ClSi/c1-40-49(43-22-10-4-11-23-43)34-37-52(55(40)46-28-16-7-17-29-46)59(58,53-38-35-50(44-24-12-5-13-25-44)41(2)56(53)47-30-18-8-19-31-47)54-39-36-51(45-26-14-6-15-27-45)42(3)57(54)48-32-20-9-21-33-48/h4-39H,1-3H3. The molecule has 0 aromatic heterocycles. The van der Waals surface area contributed by atoms with Gasteiger partial charge in [-0.3, -0.25) is 0 Å².